The van der Waals surface area contributed by atoms with Crippen molar-refractivity contribution in [3.05, 3.63) is 59.7 Å². The number of rotatable bonds is 4. The number of imidazole rings is 1. The van der Waals surface area contributed by atoms with Crippen LogP contribution in [0.25, 0.3) is 22.3 Å². The standard InChI is InChI=1S/C25H26F4N6O/c1-24(2,36)17-11-30-21-20(17)23(32-13-31-21)35-8-6-14(7-9-35)22-33-19(12-34(22)3)15-4-5-18(26)16(10-15)25(27,28)29/h4-5,10-14,36H,6-9H2,1-3H3,(H,30,31,32). The smallest absolute Gasteiger partial charge is 0.386 e. The second kappa shape index (κ2) is 8.58. The number of hydrogen-bond donors (Lipinski definition) is 2. The number of aromatic nitrogens is 5. The molecule has 4 aromatic rings. The Morgan fingerprint density at radius 2 is 1.81 bits per heavy atom. The van der Waals surface area contributed by atoms with E-state index in [-0.39, 0.29) is 11.5 Å². The van der Waals surface area contributed by atoms with Crippen LogP contribution in [0.5, 0.6) is 0 Å². The van der Waals surface area contributed by atoms with E-state index in [9.17, 15) is 22.7 Å². The molecule has 5 rings (SSSR count). The van der Waals surface area contributed by atoms with Crippen LogP contribution in [0.15, 0.2) is 36.9 Å². The molecule has 1 saturated heterocycles. The van der Waals surface area contributed by atoms with E-state index in [1.54, 1.807) is 26.2 Å². The molecule has 3 aromatic heterocycles. The van der Waals surface area contributed by atoms with Crippen molar-refractivity contribution in [1.29, 1.82) is 0 Å². The fourth-order valence-corrected chi connectivity index (χ4v) is 4.92. The molecule has 1 aliphatic heterocycles. The van der Waals surface area contributed by atoms with E-state index < -0.39 is 23.2 Å². The molecule has 1 fully saturated rings. The third-order valence-corrected chi connectivity index (χ3v) is 6.75. The van der Waals surface area contributed by atoms with Crippen LogP contribution >= 0.6 is 0 Å². The SMILES string of the molecule is Cn1cc(-c2ccc(F)c(C(F)(F)F)c2)nc1C1CCN(c2ncnc3[nH]cc(C(C)(C)O)c23)CC1. The van der Waals surface area contributed by atoms with Crippen LogP contribution in [0.3, 0.4) is 0 Å². The van der Waals surface area contributed by atoms with Crippen molar-refractivity contribution in [2.24, 2.45) is 7.05 Å². The maximum Gasteiger partial charge on any atom is 0.419 e. The Kier molecular flexibility index (Phi) is 5.77. The van der Waals surface area contributed by atoms with Crippen molar-refractivity contribution >= 4 is 16.9 Å². The second-order valence-corrected chi connectivity index (χ2v) is 9.73. The summed E-state index contributed by atoms with van der Waals surface area (Å²) in [6.07, 6.45) is 1.67. The van der Waals surface area contributed by atoms with Crippen molar-refractivity contribution in [2.45, 2.75) is 44.4 Å². The normalized spacial score (nSPS) is 15.7. The Labute approximate surface area is 204 Å². The molecule has 7 nitrogen and oxygen atoms in total. The highest BCUT2D eigenvalue weighted by Gasteiger charge is 2.35. The van der Waals surface area contributed by atoms with Crippen LogP contribution in [-0.2, 0) is 18.8 Å². The molecule has 11 heteroatoms. The molecule has 1 aliphatic rings. The largest absolute Gasteiger partial charge is 0.419 e. The summed E-state index contributed by atoms with van der Waals surface area (Å²) in [5, 5.41) is 11.4. The Morgan fingerprint density at radius 1 is 1.08 bits per heavy atom. The van der Waals surface area contributed by atoms with Gasteiger partial charge in [0, 0.05) is 49.6 Å². The molecule has 36 heavy (non-hydrogen) atoms. The number of halogens is 4. The fourth-order valence-electron chi connectivity index (χ4n) is 4.92. The molecule has 1 aromatic carbocycles. The number of aliphatic hydroxyl groups is 1. The summed E-state index contributed by atoms with van der Waals surface area (Å²) in [6.45, 7) is 4.81. The van der Waals surface area contributed by atoms with Gasteiger partial charge in [0.15, 0.2) is 0 Å². The highest BCUT2D eigenvalue weighted by molar-refractivity contribution is 5.91. The first-order valence-corrected chi connectivity index (χ1v) is 11.6. The van der Waals surface area contributed by atoms with E-state index in [2.05, 4.69) is 24.8 Å². The average Bonchev–Trinajstić information content (AvgIpc) is 3.42. The number of anilines is 1. The summed E-state index contributed by atoms with van der Waals surface area (Å²) < 4.78 is 55.1. The number of alkyl halides is 3. The highest BCUT2D eigenvalue weighted by atomic mass is 19.4. The molecule has 0 aliphatic carbocycles. The molecule has 0 spiro atoms. The first-order valence-electron chi connectivity index (χ1n) is 11.6. The number of benzene rings is 1. The predicted octanol–water partition coefficient (Wildman–Crippen LogP) is 5.13. The minimum Gasteiger partial charge on any atom is -0.386 e. The molecule has 0 unspecified atom stereocenters. The molecule has 0 bridgehead atoms. The van der Waals surface area contributed by atoms with Crippen molar-refractivity contribution < 1.29 is 22.7 Å². The third kappa shape index (κ3) is 4.32. The quantitative estimate of drug-likeness (QED) is 0.378. The third-order valence-electron chi connectivity index (χ3n) is 6.75. The molecule has 2 N–H and O–H groups in total. The molecule has 0 radical (unpaired) electrons. The molecule has 4 heterocycles. The number of fused-ring (bicyclic) bond motifs is 1. The topological polar surface area (TPSA) is 82.9 Å². The van der Waals surface area contributed by atoms with Gasteiger partial charge in [-0.05, 0) is 44.9 Å². The molecule has 0 atom stereocenters. The van der Waals surface area contributed by atoms with Gasteiger partial charge < -0.3 is 19.6 Å². The second-order valence-electron chi connectivity index (χ2n) is 9.73. The number of hydrogen-bond acceptors (Lipinski definition) is 5. The predicted molar refractivity (Wildman–Crippen MR) is 127 cm³/mol. The monoisotopic (exact) mass is 502 g/mol. The lowest BCUT2D eigenvalue weighted by Crippen LogP contribution is -2.34. The first kappa shape index (κ1) is 24.2. The Balaban J connectivity index is 1.38. The van der Waals surface area contributed by atoms with Crippen LogP contribution < -0.4 is 4.90 Å². The zero-order valence-corrected chi connectivity index (χ0v) is 20.1. The Morgan fingerprint density at radius 3 is 2.47 bits per heavy atom. The minimum absolute atomic E-state index is 0.0971. The fraction of sp³-hybridized carbons (Fsp3) is 0.400. The van der Waals surface area contributed by atoms with Gasteiger partial charge in [-0.2, -0.15) is 13.2 Å². The van der Waals surface area contributed by atoms with Crippen LogP contribution in [0.4, 0.5) is 23.4 Å². The highest BCUT2D eigenvalue weighted by Crippen LogP contribution is 2.38. The zero-order chi connectivity index (χ0) is 25.8. The van der Waals surface area contributed by atoms with Gasteiger partial charge in [-0.15, -0.1) is 0 Å². The van der Waals surface area contributed by atoms with E-state index in [1.165, 1.54) is 12.4 Å². The van der Waals surface area contributed by atoms with Crippen LogP contribution in [0.2, 0.25) is 0 Å². The lowest BCUT2D eigenvalue weighted by atomic mass is 9.94. The van der Waals surface area contributed by atoms with E-state index in [0.29, 0.717) is 24.4 Å². The van der Waals surface area contributed by atoms with Gasteiger partial charge in [-0.25, -0.2) is 19.3 Å². The van der Waals surface area contributed by atoms with Gasteiger partial charge in [-0.3, -0.25) is 0 Å². The summed E-state index contributed by atoms with van der Waals surface area (Å²) in [4.78, 5) is 18.7. The van der Waals surface area contributed by atoms with Gasteiger partial charge >= 0.3 is 6.18 Å². The van der Waals surface area contributed by atoms with Crippen molar-refractivity contribution in [1.82, 2.24) is 24.5 Å². The van der Waals surface area contributed by atoms with E-state index in [1.807, 2.05) is 11.6 Å². The van der Waals surface area contributed by atoms with Gasteiger partial charge in [0.1, 0.15) is 29.4 Å². The average molecular weight is 503 g/mol. The molecule has 0 amide bonds. The molecule has 190 valence electrons. The van der Waals surface area contributed by atoms with Crippen molar-refractivity contribution in [2.75, 3.05) is 18.0 Å². The maximum absolute atomic E-state index is 13.7. The van der Waals surface area contributed by atoms with Crippen molar-refractivity contribution in [3.8, 4) is 11.3 Å². The lowest BCUT2D eigenvalue weighted by molar-refractivity contribution is -0.139. The van der Waals surface area contributed by atoms with E-state index in [0.717, 1.165) is 47.6 Å². The summed E-state index contributed by atoms with van der Waals surface area (Å²) in [7, 11) is 1.82. The summed E-state index contributed by atoms with van der Waals surface area (Å²) in [5.41, 5.74) is -0.386. The van der Waals surface area contributed by atoms with Crippen LogP contribution in [0, 0.1) is 5.82 Å². The zero-order valence-electron chi connectivity index (χ0n) is 20.1. The minimum atomic E-state index is -4.78. The summed E-state index contributed by atoms with van der Waals surface area (Å²) in [6, 6.07) is 2.95. The van der Waals surface area contributed by atoms with Gasteiger partial charge in [-0.1, -0.05) is 0 Å². The summed E-state index contributed by atoms with van der Waals surface area (Å²) >= 11 is 0. The van der Waals surface area contributed by atoms with Gasteiger partial charge in [0.05, 0.1) is 22.2 Å². The van der Waals surface area contributed by atoms with Gasteiger partial charge in [0.25, 0.3) is 0 Å². The molecule has 0 saturated carbocycles. The summed E-state index contributed by atoms with van der Waals surface area (Å²) in [5.74, 6) is 0.321. The number of aryl methyl sites for hydroxylation is 1. The molecular formula is C25H26F4N6O. The number of aromatic amines is 1. The first-order chi connectivity index (χ1) is 16.9. The van der Waals surface area contributed by atoms with Crippen molar-refractivity contribution in [3.63, 3.8) is 0 Å². The molecular weight excluding hydrogens is 476 g/mol. The number of nitrogens with one attached hydrogen (secondary N) is 1. The number of H-pyrrole nitrogens is 1. The maximum atomic E-state index is 13.7. The lowest BCUT2D eigenvalue weighted by Gasteiger charge is -2.33. The Bertz CT molecular complexity index is 1410. The number of nitrogens with zero attached hydrogens (tertiary/aromatic N) is 5. The van der Waals surface area contributed by atoms with Crippen LogP contribution in [-0.4, -0.2) is 42.7 Å². The Hall–Kier alpha value is -3.47. The van der Waals surface area contributed by atoms with E-state index >= 15 is 0 Å². The van der Waals surface area contributed by atoms with Crippen LogP contribution in [0.1, 0.15) is 49.6 Å². The number of piperidine rings is 1. The van der Waals surface area contributed by atoms with Gasteiger partial charge in [0.2, 0.25) is 0 Å². The van der Waals surface area contributed by atoms with E-state index in [4.69, 9.17) is 0 Å².